The topological polar surface area (TPSA) is 86.6 Å². The Hall–Kier alpha value is -2.04. The highest BCUT2D eigenvalue weighted by Crippen LogP contribution is 2.21. The summed E-state index contributed by atoms with van der Waals surface area (Å²) in [5.74, 6) is -1.77. The van der Waals surface area contributed by atoms with Crippen molar-refractivity contribution in [3.05, 3.63) is 23.8 Å². The first-order chi connectivity index (χ1) is 7.04. The SMILES string of the molecule is CCC(=O)Nc1ccc(O)c(C(=O)O)c1. The summed E-state index contributed by atoms with van der Waals surface area (Å²) in [4.78, 5) is 21.7. The molecule has 0 bridgehead atoms. The molecule has 1 amide bonds. The molecule has 0 unspecified atom stereocenters. The van der Waals surface area contributed by atoms with Crippen LogP contribution in [-0.2, 0) is 4.79 Å². The molecule has 1 aromatic carbocycles. The number of benzene rings is 1. The summed E-state index contributed by atoms with van der Waals surface area (Å²) >= 11 is 0. The number of carbonyl (C=O) groups is 2. The molecule has 5 nitrogen and oxygen atoms in total. The minimum Gasteiger partial charge on any atom is -0.507 e. The Bertz CT molecular complexity index is 400. The second kappa shape index (κ2) is 4.45. The van der Waals surface area contributed by atoms with Gasteiger partial charge in [-0.05, 0) is 18.2 Å². The molecule has 1 rings (SSSR count). The molecule has 15 heavy (non-hydrogen) atoms. The van der Waals surface area contributed by atoms with Gasteiger partial charge in [-0.1, -0.05) is 6.92 Å². The summed E-state index contributed by atoms with van der Waals surface area (Å²) in [7, 11) is 0. The summed E-state index contributed by atoms with van der Waals surface area (Å²) in [5, 5.41) is 20.4. The van der Waals surface area contributed by atoms with E-state index < -0.39 is 5.97 Å². The number of aromatic hydroxyl groups is 1. The summed E-state index contributed by atoms with van der Waals surface area (Å²) in [6, 6.07) is 3.88. The fraction of sp³-hybridized carbons (Fsp3) is 0.200. The third kappa shape index (κ3) is 2.70. The summed E-state index contributed by atoms with van der Waals surface area (Å²) < 4.78 is 0. The summed E-state index contributed by atoms with van der Waals surface area (Å²) in [6.45, 7) is 1.69. The Morgan fingerprint density at radius 3 is 2.60 bits per heavy atom. The van der Waals surface area contributed by atoms with Crippen molar-refractivity contribution >= 4 is 17.6 Å². The van der Waals surface area contributed by atoms with Gasteiger partial charge in [0, 0.05) is 12.1 Å². The number of anilines is 1. The van der Waals surface area contributed by atoms with Crippen LogP contribution in [0.2, 0.25) is 0 Å². The van der Waals surface area contributed by atoms with Crippen molar-refractivity contribution in [2.45, 2.75) is 13.3 Å². The molecular weight excluding hydrogens is 198 g/mol. The van der Waals surface area contributed by atoms with E-state index in [4.69, 9.17) is 5.11 Å². The largest absolute Gasteiger partial charge is 0.507 e. The van der Waals surface area contributed by atoms with Crippen LogP contribution in [0, 0.1) is 0 Å². The highest BCUT2D eigenvalue weighted by Gasteiger charge is 2.10. The Balaban J connectivity index is 2.97. The smallest absolute Gasteiger partial charge is 0.339 e. The van der Waals surface area contributed by atoms with Crippen molar-refractivity contribution in [2.24, 2.45) is 0 Å². The van der Waals surface area contributed by atoms with Gasteiger partial charge in [0.2, 0.25) is 5.91 Å². The number of hydrogen-bond acceptors (Lipinski definition) is 3. The molecule has 5 heteroatoms. The van der Waals surface area contributed by atoms with Crippen molar-refractivity contribution < 1.29 is 19.8 Å². The zero-order valence-corrected chi connectivity index (χ0v) is 8.15. The average molecular weight is 209 g/mol. The van der Waals surface area contributed by atoms with Crippen LogP contribution < -0.4 is 5.32 Å². The first-order valence-corrected chi connectivity index (χ1v) is 4.40. The van der Waals surface area contributed by atoms with E-state index in [9.17, 15) is 14.7 Å². The molecule has 0 saturated heterocycles. The fourth-order valence-electron chi connectivity index (χ4n) is 1.03. The number of carboxylic acid groups (broad SMARTS) is 1. The normalized spacial score (nSPS) is 9.67. The van der Waals surface area contributed by atoms with Crippen molar-refractivity contribution in [2.75, 3.05) is 5.32 Å². The van der Waals surface area contributed by atoms with E-state index in [1.54, 1.807) is 6.92 Å². The van der Waals surface area contributed by atoms with Crippen LogP contribution in [0.4, 0.5) is 5.69 Å². The molecule has 80 valence electrons. The average Bonchev–Trinajstić information content (AvgIpc) is 2.20. The molecule has 0 aliphatic heterocycles. The van der Waals surface area contributed by atoms with Crippen LogP contribution in [0.25, 0.3) is 0 Å². The van der Waals surface area contributed by atoms with E-state index in [0.29, 0.717) is 12.1 Å². The van der Waals surface area contributed by atoms with Gasteiger partial charge in [0.1, 0.15) is 11.3 Å². The predicted molar refractivity (Wildman–Crippen MR) is 54.0 cm³/mol. The third-order valence-electron chi connectivity index (χ3n) is 1.83. The molecule has 0 saturated carbocycles. The van der Waals surface area contributed by atoms with Gasteiger partial charge in [0.05, 0.1) is 0 Å². The van der Waals surface area contributed by atoms with E-state index in [0.717, 1.165) is 0 Å². The van der Waals surface area contributed by atoms with Crippen molar-refractivity contribution in [1.82, 2.24) is 0 Å². The van der Waals surface area contributed by atoms with Gasteiger partial charge in [0.15, 0.2) is 0 Å². The molecule has 3 N–H and O–H groups in total. The Morgan fingerprint density at radius 1 is 1.40 bits per heavy atom. The van der Waals surface area contributed by atoms with E-state index in [-0.39, 0.29) is 17.2 Å². The molecule has 0 radical (unpaired) electrons. The monoisotopic (exact) mass is 209 g/mol. The number of hydrogen-bond donors (Lipinski definition) is 3. The molecule has 1 aromatic rings. The van der Waals surface area contributed by atoms with Gasteiger partial charge in [0.25, 0.3) is 0 Å². The van der Waals surface area contributed by atoms with Crippen molar-refractivity contribution in [3.63, 3.8) is 0 Å². The van der Waals surface area contributed by atoms with Crippen LogP contribution in [-0.4, -0.2) is 22.1 Å². The first-order valence-electron chi connectivity index (χ1n) is 4.40. The molecule has 0 aromatic heterocycles. The molecule has 0 aliphatic carbocycles. The Morgan fingerprint density at radius 2 is 2.07 bits per heavy atom. The van der Waals surface area contributed by atoms with Gasteiger partial charge in [-0.3, -0.25) is 4.79 Å². The highest BCUT2D eigenvalue weighted by atomic mass is 16.4. The van der Waals surface area contributed by atoms with E-state index in [1.807, 2.05) is 0 Å². The molecule has 0 heterocycles. The van der Waals surface area contributed by atoms with Gasteiger partial charge >= 0.3 is 5.97 Å². The summed E-state index contributed by atoms with van der Waals surface area (Å²) in [5.41, 5.74) is 0.126. The third-order valence-corrected chi connectivity index (χ3v) is 1.83. The molecule has 0 aliphatic rings. The second-order valence-corrected chi connectivity index (χ2v) is 2.94. The molecule has 0 spiro atoms. The molecular formula is C10H11NO4. The highest BCUT2D eigenvalue weighted by molar-refractivity contribution is 5.95. The second-order valence-electron chi connectivity index (χ2n) is 2.94. The maximum Gasteiger partial charge on any atom is 0.339 e. The zero-order valence-electron chi connectivity index (χ0n) is 8.15. The van der Waals surface area contributed by atoms with E-state index in [2.05, 4.69) is 5.32 Å². The van der Waals surface area contributed by atoms with Gasteiger partial charge in [-0.15, -0.1) is 0 Å². The number of phenols is 1. The lowest BCUT2D eigenvalue weighted by atomic mass is 10.2. The maximum atomic E-state index is 11.0. The Labute approximate surface area is 86.4 Å². The number of amides is 1. The van der Waals surface area contributed by atoms with E-state index >= 15 is 0 Å². The predicted octanol–water partition coefficient (Wildman–Crippen LogP) is 1.44. The van der Waals surface area contributed by atoms with Crippen LogP contribution in [0.3, 0.4) is 0 Å². The van der Waals surface area contributed by atoms with Crippen LogP contribution in [0.1, 0.15) is 23.7 Å². The van der Waals surface area contributed by atoms with Crippen LogP contribution in [0.5, 0.6) is 5.75 Å². The van der Waals surface area contributed by atoms with Crippen molar-refractivity contribution in [3.8, 4) is 5.75 Å². The maximum absolute atomic E-state index is 11.0. The van der Waals surface area contributed by atoms with Gasteiger partial charge in [-0.2, -0.15) is 0 Å². The molecule has 0 fully saturated rings. The van der Waals surface area contributed by atoms with Gasteiger partial charge in [-0.25, -0.2) is 4.79 Å². The lowest BCUT2D eigenvalue weighted by Gasteiger charge is -2.05. The number of nitrogens with one attached hydrogen (secondary N) is 1. The number of rotatable bonds is 3. The number of aromatic carboxylic acids is 1. The first kappa shape index (κ1) is 11.0. The van der Waals surface area contributed by atoms with E-state index in [1.165, 1.54) is 18.2 Å². The standard InChI is InChI=1S/C10H11NO4/c1-2-9(13)11-6-3-4-8(12)7(5-6)10(14)15/h3-5,12H,2H2,1H3,(H,11,13)(H,14,15). The Kier molecular flexibility index (Phi) is 3.28. The van der Waals surface area contributed by atoms with Crippen LogP contribution >= 0.6 is 0 Å². The lowest BCUT2D eigenvalue weighted by Crippen LogP contribution is -2.10. The number of carbonyl (C=O) groups excluding carboxylic acids is 1. The van der Waals surface area contributed by atoms with Crippen LogP contribution in [0.15, 0.2) is 18.2 Å². The lowest BCUT2D eigenvalue weighted by molar-refractivity contribution is -0.115. The minimum atomic E-state index is -1.24. The summed E-state index contributed by atoms with van der Waals surface area (Å²) in [6.07, 6.45) is 0.309. The quantitative estimate of drug-likeness (QED) is 0.657. The molecule has 0 atom stereocenters. The van der Waals surface area contributed by atoms with Gasteiger partial charge < -0.3 is 15.5 Å². The van der Waals surface area contributed by atoms with Crippen molar-refractivity contribution in [1.29, 1.82) is 0 Å². The fourth-order valence-corrected chi connectivity index (χ4v) is 1.03. The zero-order chi connectivity index (χ0) is 11.4. The minimum absolute atomic E-state index is 0.211. The number of carboxylic acids is 1.